The van der Waals surface area contributed by atoms with Gasteiger partial charge in [-0.3, -0.25) is 0 Å². The summed E-state index contributed by atoms with van der Waals surface area (Å²) in [5.74, 6) is 1.81. The van der Waals surface area contributed by atoms with Crippen molar-refractivity contribution in [3.8, 4) is 11.3 Å². The number of aromatic nitrogens is 2. The molecule has 19 heavy (non-hydrogen) atoms. The molecule has 2 rings (SSSR count). The number of nitrogens with two attached hydrogens (primary N) is 1. The van der Waals surface area contributed by atoms with Crippen molar-refractivity contribution in [3.63, 3.8) is 0 Å². The third-order valence-corrected chi connectivity index (χ3v) is 3.19. The normalized spacial score (nSPS) is 11.3. The van der Waals surface area contributed by atoms with Gasteiger partial charge in [-0.25, -0.2) is 9.37 Å². The van der Waals surface area contributed by atoms with Gasteiger partial charge in [-0.1, -0.05) is 13.8 Å². The van der Waals surface area contributed by atoms with E-state index in [2.05, 4.69) is 18.8 Å². The fourth-order valence-corrected chi connectivity index (χ4v) is 2.27. The standard InChI is InChI=1S/C15H20FN3/c1-9(2)8-19-11(4)18-14(15(19)17)13-6-5-12(16)7-10(13)3/h5-7,9H,8,17H2,1-4H3. The van der Waals surface area contributed by atoms with Gasteiger partial charge in [0.25, 0.3) is 0 Å². The molecule has 1 aromatic carbocycles. The molecule has 0 saturated heterocycles. The van der Waals surface area contributed by atoms with Crippen molar-refractivity contribution in [1.82, 2.24) is 9.55 Å². The molecule has 102 valence electrons. The number of nitrogen functional groups attached to an aromatic ring is 1. The van der Waals surface area contributed by atoms with Crippen LogP contribution in [0.25, 0.3) is 11.3 Å². The maximum Gasteiger partial charge on any atom is 0.131 e. The Kier molecular flexibility index (Phi) is 3.60. The van der Waals surface area contributed by atoms with Crippen LogP contribution >= 0.6 is 0 Å². The highest BCUT2D eigenvalue weighted by atomic mass is 19.1. The Hall–Kier alpha value is -1.84. The van der Waals surface area contributed by atoms with Gasteiger partial charge in [-0.2, -0.15) is 0 Å². The summed E-state index contributed by atoms with van der Waals surface area (Å²) >= 11 is 0. The highest BCUT2D eigenvalue weighted by Gasteiger charge is 2.16. The molecule has 3 nitrogen and oxygen atoms in total. The Morgan fingerprint density at radius 2 is 2.00 bits per heavy atom. The smallest absolute Gasteiger partial charge is 0.131 e. The summed E-state index contributed by atoms with van der Waals surface area (Å²) < 4.78 is 15.2. The molecule has 0 unspecified atom stereocenters. The third-order valence-electron chi connectivity index (χ3n) is 3.19. The average Bonchev–Trinajstić information content (AvgIpc) is 2.57. The second-order valence-corrected chi connectivity index (χ2v) is 5.36. The minimum Gasteiger partial charge on any atom is -0.383 e. The number of anilines is 1. The van der Waals surface area contributed by atoms with Crippen LogP contribution in [-0.2, 0) is 6.54 Å². The van der Waals surface area contributed by atoms with Crippen LogP contribution in [0.1, 0.15) is 25.2 Å². The van der Waals surface area contributed by atoms with Gasteiger partial charge < -0.3 is 10.3 Å². The van der Waals surface area contributed by atoms with Gasteiger partial charge >= 0.3 is 0 Å². The molecule has 1 aromatic heterocycles. The van der Waals surface area contributed by atoms with Gasteiger partial charge in [-0.05, 0) is 43.5 Å². The van der Waals surface area contributed by atoms with Gasteiger partial charge in [0.1, 0.15) is 23.2 Å². The lowest BCUT2D eigenvalue weighted by Crippen LogP contribution is -2.09. The Morgan fingerprint density at radius 3 is 2.58 bits per heavy atom. The predicted molar refractivity (Wildman–Crippen MR) is 76.3 cm³/mol. The lowest BCUT2D eigenvalue weighted by Gasteiger charge is -2.10. The molecule has 0 radical (unpaired) electrons. The number of halogens is 1. The molecule has 0 aliphatic heterocycles. The monoisotopic (exact) mass is 261 g/mol. The molecule has 0 atom stereocenters. The maximum absolute atomic E-state index is 13.2. The maximum atomic E-state index is 13.2. The van der Waals surface area contributed by atoms with Crippen LogP contribution in [0.5, 0.6) is 0 Å². The van der Waals surface area contributed by atoms with Crippen LogP contribution in [0, 0.1) is 25.6 Å². The number of imidazole rings is 1. The second-order valence-electron chi connectivity index (χ2n) is 5.36. The third kappa shape index (κ3) is 2.62. The highest BCUT2D eigenvalue weighted by molar-refractivity contribution is 5.73. The van der Waals surface area contributed by atoms with Crippen molar-refractivity contribution in [2.75, 3.05) is 5.73 Å². The second kappa shape index (κ2) is 5.03. The van der Waals surface area contributed by atoms with E-state index in [-0.39, 0.29) is 5.82 Å². The summed E-state index contributed by atoms with van der Waals surface area (Å²) in [4.78, 5) is 4.54. The van der Waals surface area contributed by atoms with Gasteiger partial charge in [-0.15, -0.1) is 0 Å². The van der Waals surface area contributed by atoms with E-state index in [1.165, 1.54) is 12.1 Å². The summed E-state index contributed by atoms with van der Waals surface area (Å²) in [5, 5.41) is 0. The summed E-state index contributed by atoms with van der Waals surface area (Å²) in [6.45, 7) is 8.93. The van der Waals surface area contributed by atoms with Crippen LogP contribution in [-0.4, -0.2) is 9.55 Å². The van der Waals surface area contributed by atoms with E-state index < -0.39 is 0 Å². The van der Waals surface area contributed by atoms with Crippen molar-refractivity contribution < 1.29 is 4.39 Å². The average molecular weight is 261 g/mol. The van der Waals surface area contributed by atoms with Gasteiger partial charge in [0.2, 0.25) is 0 Å². The molecule has 0 aliphatic carbocycles. The first-order chi connectivity index (χ1) is 8.90. The zero-order valence-electron chi connectivity index (χ0n) is 11.9. The molecular weight excluding hydrogens is 241 g/mol. The van der Waals surface area contributed by atoms with Gasteiger partial charge in [0, 0.05) is 12.1 Å². The molecule has 0 aliphatic rings. The molecule has 0 saturated carbocycles. The Labute approximate surface area is 113 Å². The largest absolute Gasteiger partial charge is 0.383 e. The molecule has 2 N–H and O–H groups in total. The zero-order valence-corrected chi connectivity index (χ0v) is 11.9. The molecule has 0 spiro atoms. The number of hydrogen-bond acceptors (Lipinski definition) is 2. The molecule has 2 aromatic rings. The number of aryl methyl sites for hydroxylation is 2. The lowest BCUT2D eigenvalue weighted by atomic mass is 10.1. The molecule has 0 amide bonds. The minimum atomic E-state index is -0.238. The molecule has 0 fully saturated rings. The first kappa shape index (κ1) is 13.6. The van der Waals surface area contributed by atoms with Crippen molar-refractivity contribution in [2.24, 2.45) is 5.92 Å². The van der Waals surface area contributed by atoms with E-state index in [1.807, 2.05) is 18.4 Å². The molecule has 1 heterocycles. The fraction of sp³-hybridized carbons (Fsp3) is 0.400. The summed E-state index contributed by atoms with van der Waals surface area (Å²) in [7, 11) is 0. The summed E-state index contributed by atoms with van der Waals surface area (Å²) in [5.41, 5.74) is 8.69. The topological polar surface area (TPSA) is 43.8 Å². The van der Waals surface area contributed by atoms with Crippen LogP contribution in [0.15, 0.2) is 18.2 Å². The highest BCUT2D eigenvalue weighted by Crippen LogP contribution is 2.29. The minimum absolute atomic E-state index is 0.238. The van der Waals surface area contributed by atoms with Gasteiger partial charge in [0.15, 0.2) is 0 Å². The van der Waals surface area contributed by atoms with Crippen molar-refractivity contribution in [1.29, 1.82) is 0 Å². The Balaban J connectivity index is 2.51. The van der Waals surface area contributed by atoms with Crippen LogP contribution in [0.4, 0.5) is 10.2 Å². The van der Waals surface area contributed by atoms with E-state index in [1.54, 1.807) is 6.07 Å². The van der Waals surface area contributed by atoms with E-state index in [4.69, 9.17) is 5.73 Å². The SMILES string of the molecule is Cc1cc(F)ccc1-c1nc(C)n(CC(C)C)c1N. The summed E-state index contributed by atoms with van der Waals surface area (Å²) in [6.07, 6.45) is 0. The molecule has 4 heteroatoms. The number of nitrogens with zero attached hydrogens (tertiary/aromatic N) is 2. The van der Waals surface area contributed by atoms with Crippen LogP contribution < -0.4 is 5.73 Å². The molecular formula is C15H20FN3. The first-order valence-corrected chi connectivity index (χ1v) is 6.49. The van der Waals surface area contributed by atoms with Crippen LogP contribution in [0.2, 0.25) is 0 Å². The molecule has 0 bridgehead atoms. The van der Waals surface area contributed by atoms with Crippen molar-refractivity contribution >= 4 is 5.82 Å². The predicted octanol–water partition coefficient (Wildman–Crippen LogP) is 3.54. The lowest BCUT2D eigenvalue weighted by molar-refractivity contribution is 0.518. The zero-order chi connectivity index (χ0) is 14.2. The Morgan fingerprint density at radius 1 is 1.32 bits per heavy atom. The quantitative estimate of drug-likeness (QED) is 0.918. The van der Waals surface area contributed by atoms with E-state index in [9.17, 15) is 4.39 Å². The fourth-order valence-electron chi connectivity index (χ4n) is 2.27. The van der Waals surface area contributed by atoms with Gasteiger partial charge in [0.05, 0.1) is 0 Å². The number of rotatable bonds is 3. The van der Waals surface area contributed by atoms with E-state index >= 15 is 0 Å². The number of benzene rings is 1. The van der Waals surface area contributed by atoms with Crippen LogP contribution in [0.3, 0.4) is 0 Å². The summed E-state index contributed by atoms with van der Waals surface area (Å²) in [6, 6.07) is 4.69. The Bertz CT molecular complexity index is 600. The van der Waals surface area contributed by atoms with Crippen molar-refractivity contribution in [3.05, 3.63) is 35.4 Å². The first-order valence-electron chi connectivity index (χ1n) is 6.49. The number of hydrogen-bond donors (Lipinski definition) is 1. The van der Waals surface area contributed by atoms with E-state index in [0.717, 1.165) is 29.2 Å². The van der Waals surface area contributed by atoms with E-state index in [0.29, 0.717) is 11.7 Å². The van der Waals surface area contributed by atoms with Crippen molar-refractivity contribution in [2.45, 2.75) is 34.2 Å².